The largest absolute Gasteiger partial charge is 0.411 e. The number of rotatable bonds is 4. The van der Waals surface area contributed by atoms with E-state index in [4.69, 9.17) is 10.5 Å². The molecule has 1 heterocycles. The Morgan fingerprint density at radius 1 is 1.50 bits per heavy atom. The second-order valence-corrected chi connectivity index (χ2v) is 4.21. The minimum Gasteiger partial charge on any atom is -0.370 e. The van der Waals surface area contributed by atoms with Gasteiger partial charge in [0.15, 0.2) is 0 Å². The third-order valence-electron chi connectivity index (χ3n) is 2.43. The van der Waals surface area contributed by atoms with Crippen LogP contribution in [0.15, 0.2) is 0 Å². The Kier molecular flexibility index (Phi) is 5.36. The van der Waals surface area contributed by atoms with Crippen LogP contribution in [0.4, 0.5) is 13.2 Å². The van der Waals surface area contributed by atoms with E-state index in [2.05, 4.69) is 4.74 Å². The van der Waals surface area contributed by atoms with Crippen LogP contribution in [0, 0.1) is 0 Å². The minimum atomic E-state index is -4.42. The molecule has 0 bridgehead atoms. The van der Waals surface area contributed by atoms with E-state index in [1.807, 2.05) is 0 Å². The van der Waals surface area contributed by atoms with Crippen molar-refractivity contribution >= 4 is 5.91 Å². The molecule has 0 radical (unpaired) electrons. The molecule has 106 valence electrons. The molecular formula is C10H17F3N2O3. The van der Waals surface area contributed by atoms with Gasteiger partial charge in [0.25, 0.3) is 0 Å². The van der Waals surface area contributed by atoms with Crippen LogP contribution >= 0.6 is 0 Å². The third-order valence-corrected chi connectivity index (χ3v) is 2.43. The highest BCUT2D eigenvalue weighted by atomic mass is 19.4. The molecule has 5 nitrogen and oxygen atoms in total. The molecule has 2 atom stereocenters. The van der Waals surface area contributed by atoms with Crippen LogP contribution in [0.25, 0.3) is 0 Å². The molecule has 1 amide bonds. The average molecular weight is 270 g/mol. The topological polar surface area (TPSA) is 64.8 Å². The predicted molar refractivity (Wildman–Crippen MR) is 56.8 cm³/mol. The van der Waals surface area contributed by atoms with Crippen LogP contribution < -0.4 is 5.73 Å². The number of nitrogens with two attached hydrogens (primary N) is 1. The van der Waals surface area contributed by atoms with Crippen molar-refractivity contribution < 1.29 is 27.4 Å². The predicted octanol–water partition coefficient (Wildman–Crippen LogP) is 0.140. The van der Waals surface area contributed by atoms with Gasteiger partial charge in [-0.1, -0.05) is 0 Å². The zero-order valence-corrected chi connectivity index (χ0v) is 10.1. The van der Waals surface area contributed by atoms with Crippen LogP contribution in [-0.4, -0.2) is 62.0 Å². The summed E-state index contributed by atoms with van der Waals surface area (Å²) in [7, 11) is 0. The second kappa shape index (κ2) is 6.35. The lowest BCUT2D eigenvalue weighted by molar-refractivity contribution is -0.180. The van der Waals surface area contributed by atoms with E-state index < -0.39 is 25.3 Å². The Morgan fingerprint density at radius 3 is 2.72 bits per heavy atom. The summed E-state index contributed by atoms with van der Waals surface area (Å²) in [5.41, 5.74) is 5.44. The zero-order valence-electron chi connectivity index (χ0n) is 10.1. The Balaban J connectivity index is 2.36. The van der Waals surface area contributed by atoms with Gasteiger partial charge in [-0.05, 0) is 6.92 Å². The van der Waals surface area contributed by atoms with Crippen molar-refractivity contribution in [1.29, 1.82) is 0 Å². The molecule has 8 heteroatoms. The molecule has 0 aromatic heterocycles. The molecular weight excluding hydrogens is 253 g/mol. The van der Waals surface area contributed by atoms with E-state index in [9.17, 15) is 18.0 Å². The van der Waals surface area contributed by atoms with Crippen LogP contribution in [0.2, 0.25) is 0 Å². The van der Waals surface area contributed by atoms with Gasteiger partial charge in [-0.15, -0.1) is 0 Å². The Labute approximate surface area is 103 Å². The summed E-state index contributed by atoms with van der Waals surface area (Å²) >= 11 is 0. The number of hydrogen-bond donors (Lipinski definition) is 1. The SMILES string of the molecule is CC1CN(C(=O)COCC(F)(F)F)CC(CN)O1. The first-order valence-electron chi connectivity index (χ1n) is 5.59. The van der Waals surface area contributed by atoms with Crippen molar-refractivity contribution in [3.8, 4) is 0 Å². The van der Waals surface area contributed by atoms with Gasteiger partial charge in [0.05, 0.1) is 12.2 Å². The highest BCUT2D eigenvalue weighted by Gasteiger charge is 2.30. The number of amides is 1. The number of nitrogens with zero attached hydrogens (tertiary/aromatic N) is 1. The van der Waals surface area contributed by atoms with Gasteiger partial charge in [0.2, 0.25) is 5.91 Å². The Hall–Kier alpha value is -0.860. The molecule has 0 aromatic carbocycles. The zero-order chi connectivity index (χ0) is 13.8. The summed E-state index contributed by atoms with van der Waals surface area (Å²) < 4.78 is 45.3. The number of carbonyl (C=O) groups is 1. The van der Waals surface area contributed by atoms with E-state index in [1.165, 1.54) is 4.90 Å². The number of carbonyl (C=O) groups excluding carboxylic acids is 1. The number of hydrogen-bond acceptors (Lipinski definition) is 4. The lowest BCUT2D eigenvalue weighted by atomic mass is 10.2. The van der Waals surface area contributed by atoms with Gasteiger partial charge < -0.3 is 20.1 Å². The molecule has 0 spiro atoms. The van der Waals surface area contributed by atoms with Crippen molar-refractivity contribution in [2.24, 2.45) is 5.73 Å². The van der Waals surface area contributed by atoms with Gasteiger partial charge in [0, 0.05) is 19.6 Å². The first kappa shape index (κ1) is 15.2. The Morgan fingerprint density at radius 2 is 2.17 bits per heavy atom. The first-order valence-corrected chi connectivity index (χ1v) is 5.59. The van der Waals surface area contributed by atoms with Crippen molar-refractivity contribution in [3.05, 3.63) is 0 Å². The van der Waals surface area contributed by atoms with Crippen molar-refractivity contribution in [3.63, 3.8) is 0 Å². The van der Waals surface area contributed by atoms with Crippen molar-refractivity contribution in [1.82, 2.24) is 4.90 Å². The fourth-order valence-electron chi connectivity index (χ4n) is 1.72. The summed E-state index contributed by atoms with van der Waals surface area (Å²) in [6.45, 7) is 0.665. The fourth-order valence-corrected chi connectivity index (χ4v) is 1.72. The van der Waals surface area contributed by atoms with E-state index in [-0.39, 0.29) is 25.3 Å². The van der Waals surface area contributed by atoms with Gasteiger partial charge in [-0.25, -0.2) is 0 Å². The lowest BCUT2D eigenvalue weighted by Crippen LogP contribution is -2.52. The molecule has 1 rings (SSSR count). The first-order chi connectivity index (χ1) is 8.31. The summed E-state index contributed by atoms with van der Waals surface area (Å²) in [5, 5.41) is 0. The van der Waals surface area contributed by atoms with Crippen LogP contribution in [0.5, 0.6) is 0 Å². The highest BCUT2D eigenvalue weighted by Crippen LogP contribution is 2.15. The molecule has 1 saturated heterocycles. The van der Waals surface area contributed by atoms with Crippen molar-refractivity contribution in [2.75, 3.05) is 32.8 Å². The van der Waals surface area contributed by atoms with E-state index >= 15 is 0 Å². The molecule has 0 saturated carbocycles. The monoisotopic (exact) mass is 270 g/mol. The van der Waals surface area contributed by atoms with E-state index in [0.717, 1.165) is 0 Å². The second-order valence-electron chi connectivity index (χ2n) is 4.21. The Bertz CT molecular complexity index is 286. The smallest absolute Gasteiger partial charge is 0.370 e. The number of morpholine rings is 1. The maximum absolute atomic E-state index is 11.8. The van der Waals surface area contributed by atoms with Crippen molar-refractivity contribution in [2.45, 2.75) is 25.3 Å². The molecule has 1 aliphatic heterocycles. The van der Waals surface area contributed by atoms with E-state index in [1.54, 1.807) is 6.92 Å². The quantitative estimate of drug-likeness (QED) is 0.789. The summed E-state index contributed by atoms with van der Waals surface area (Å²) in [5.74, 6) is -0.479. The molecule has 0 aromatic rings. The molecule has 0 aliphatic carbocycles. The van der Waals surface area contributed by atoms with Gasteiger partial charge >= 0.3 is 6.18 Å². The van der Waals surface area contributed by atoms with Crippen LogP contribution in [0.3, 0.4) is 0 Å². The summed E-state index contributed by atoms with van der Waals surface area (Å²) in [6.07, 6.45) is -4.88. The molecule has 1 aliphatic rings. The normalized spacial score (nSPS) is 25.3. The standard InChI is InChI=1S/C10H17F3N2O3/c1-7-3-15(4-8(2-14)18-7)9(16)5-17-6-10(11,12)13/h7-8H,2-6,14H2,1H3. The molecule has 1 fully saturated rings. The maximum atomic E-state index is 11.8. The fraction of sp³-hybridized carbons (Fsp3) is 0.900. The minimum absolute atomic E-state index is 0.182. The van der Waals surface area contributed by atoms with Crippen LogP contribution in [-0.2, 0) is 14.3 Å². The lowest BCUT2D eigenvalue weighted by Gasteiger charge is -2.36. The molecule has 2 N–H and O–H groups in total. The number of alkyl halides is 3. The summed E-state index contributed by atoms with van der Waals surface area (Å²) in [4.78, 5) is 13.0. The molecule has 18 heavy (non-hydrogen) atoms. The number of ether oxygens (including phenoxy) is 2. The van der Waals surface area contributed by atoms with E-state index in [0.29, 0.717) is 6.54 Å². The van der Waals surface area contributed by atoms with Gasteiger partial charge in [0.1, 0.15) is 13.2 Å². The highest BCUT2D eigenvalue weighted by molar-refractivity contribution is 5.77. The van der Waals surface area contributed by atoms with Crippen LogP contribution in [0.1, 0.15) is 6.92 Å². The molecule has 2 unspecified atom stereocenters. The van der Waals surface area contributed by atoms with Gasteiger partial charge in [-0.3, -0.25) is 4.79 Å². The summed E-state index contributed by atoms with van der Waals surface area (Å²) in [6, 6.07) is 0. The third kappa shape index (κ3) is 5.19. The number of halogens is 3. The maximum Gasteiger partial charge on any atom is 0.411 e. The average Bonchev–Trinajstić information content (AvgIpc) is 2.26. The van der Waals surface area contributed by atoms with Gasteiger partial charge in [-0.2, -0.15) is 13.2 Å².